The molecule has 5 nitrogen and oxygen atoms in total. The van der Waals surface area contributed by atoms with Crippen LogP contribution in [0, 0.1) is 5.92 Å². The third-order valence-electron chi connectivity index (χ3n) is 4.17. The molecule has 2 aromatic carbocycles. The van der Waals surface area contributed by atoms with Gasteiger partial charge in [0, 0.05) is 0 Å². The van der Waals surface area contributed by atoms with Crippen LogP contribution in [0.25, 0.3) is 0 Å². The fourth-order valence-corrected chi connectivity index (χ4v) is 3.19. The number of methoxy groups -OCH3 is 2. The summed E-state index contributed by atoms with van der Waals surface area (Å²) in [6, 6.07) is 12.8. The summed E-state index contributed by atoms with van der Waals surface area (Å²) < 4.78 is 9.98. The summed E-state index contributed by atoms with van der Waals surface area (Å²) in [6.07, 6.45) is 0.893. The number of ether oxygens (including phenoxy) is 2. The number of esters is 1. The molecule has 0 heterocycles. The third kappa shape index (κ3) is 6.11. The van der Waals surface area contributed by atoms with Crippen molar-refractivity contribution in [1.82, 2.24) is 5.32 Å². The molecule has 0 bridgehead atoms. The lowest BCUT2D eigenvalue weighted by molar-refractivity contribution is 0.0601. The molecule has 1 atom stereocenters. The van der Waals surface area contributed by atoms with Crippen LogP contribution >= 0.6 is 23.8 Å². The molecule has 0 radical (unpaired) electrons. The van der Waals surface area contributed by atoms with Gasteiger partial charge in [-0.25, -0.2) is 4.79 Å². The van der Waals surface area contributed by atoms with Gasteiger partial charge in [0.1, 0.15) is 5.75 Å². The molecule has 0 saturated heterocycles. The normalized spacial score (nSPS) is 11.6. The highest BCUT2D eigenvalue weighted by Crippen LogP contribution is 2.26. The number of carbonyl (C=O) groups is 1. The molecule has 2 rings (SSSR count). The van der Waals surface area contributed by atoms with Crippen molar-refractivity contribution in [1.29, 1.82) is 0 Å². The summed E-state index contributed by atoms with van der Waals surface area (Å²) in [7, 11) is 2.98. The van der Waals surface area contributed by atoms with E-state index in [1.165, 1.54) is 7.11 Å². The van der Waals surface area contributed by atoms with E-state index in [0.29, 0.717) is 27.3 Å². The quantitative estimate of drug-likeness (QED) is 0.473. The fraction of sp³-hybridized carbons (Fsp3) is 0.333. The van der Waals surface area contributed by atoms with E-state index >= 15 is 0 Å². The smallest absolute Gasteiger partial charge is 0.337 e. The maximum atomic E-state index is 11.7. The Morgan fingerprint density at radius 2 is 1.82 bits per heavy atom. The van der Waals surface area contributed by atoms with Crippen molar-refractivity contribution in [3.05, 3.63) is 58.6 Å². The second-order valence-corrected chi connectivity index (χ2v) is 7.56. The van der Waals surface area contributed by atoms with Crippen molar-refractivity contribution in [3.8, 4) is 5.75 Å². The second-order valence-electron chi connectivity index (χ2n) is 6.74. The first-order valence-corrected chi connectivity index (χ1v) is 9.72. The van der Waals surface area contributed by atoms with Crippen LogP contribution in [0.4, 0.5) is 5.69 Å². The molecule has 2 aromatic rings. The third-order valence-corrected chi connectivity index (χ3v) is 4.72. The van der Waals surface area contributed by atoms with E-state index in [1.807, 2.05) is 24.3 Å². The van der Waals surface area contributed by atoms with Crippen LogP contribution in [-0.2, 0) is 4.74 Å². The van der Waals surface area contributed by atoms with Crippen LogP contribution in [0.15, 0.2) is 42.5 Å². The molecule has 0 aliphatic rings. The molecule has 150 valence electrons. The summed E-state index contributed by atoms with van der Waals surface area (Å²) in [6.45, 7) is 4.32. The van der Waals surface area contributed by atoms with Gasteiger partial charge in [-0.3, -0.25) is 0 Å². The molecule has 0 fully saturated rings. The lowest BCUT2D eigenvalue weighted by Crippen LogP contribution is -2.33. The van der Waals surface area contributed by atoms with Crippen LogP contribution in [0.3, 0.4) is 0 Å². The molecule has 7 heteroatoms. The molecule has 0 aromatic heterocycles. The van der Waals surface area contributed by atoms with Gasteiger partial charge in [-0.15, -0.1) is 0 Å². The summed E-state index contributed by atoms with van der Waals surface area (Å²) in [4.78, 5) is 11.7. The van der Waals surface area contributed by atoms with E-state index in [4.69, 9.17) is 33.3 Å². The number of thiocarbonyl (C=S) groups is 1. The number of carbonyl (C=O) groups excluding carboxylic acids is 1. The Labute approximate surface area is 176 Å². The van der Waals surface area contributed by atoms with Gasteiger partial charge in [0.2, 0.25) is 0 Å². The molecule has 0 aliphatic heterocycles. The van der Waals surface area contributed by atoms with Gasteiger partial charge in [-0.05, 0) is 60.5 Å². The number of benzene rings is 2. The lowest BCUT2D eigenvalue weighted by Gasteiger charge is -2.23. The molecule has 2 N–H and O–H groups in total. The number of halogens is 1. The number of hydrogen-bond acceptors (Lipinski definition) is 4. The summed E-state index contributed by atoms with van der Waals surface area (Å²) in [5, 5.41) is 7.31. The number of rotatable bonds is 7. The van der Waals surface area contributed by atoms with Crippen LogP contribution in [0.2, 0.25) is 5.02 Å². The van der Waals surface area contributed by atoms with Crippen LogP contribution in [-0.4, -0.2) is 25.3 Å². The molecule has 0 saturated carbocycles. The molecular formula is C21H25ClN2O3S. The molecule has 0 amide bonds. The van der Waals surface area contributed by atoms with E-state index in [0.717, 1.165) is 17.7 Å². The predicted octanol–water partition coefficient (Wildman–Crippen LogP) is 5.21. The van der Waals surface area contributed by atoms with Crippen molar-refractivity contribution in [3.63, 3.8) is 0 Å². The highest BCUT2D eigenvalue weighted by Gasteiger charge is 2.16. The van der Waals surface area contributed by atoms with Crippen molar-refractivity contribution in [2.75, 3.05) is 19.5 Å². The van der Waals surface area contributed by atoms with Gasteiger partial charge >= 0.3 is 5.97 Å². The molecular weight excluding hydrogens is 396 g/mol. The van der Waals surface area contributed by atoms with Crippen LogP contribution in [0.5, 0.6) is 5.75 Å². The van der Waals surface area contributed by atoms with Gasteiger partial charge in [0.05, 0.1) is 36.5 Å². The molecule has 0 spiro atoms. The maximum absolute atomic E-state index is 11.7. The largest absolute Gasteiger partial charge is 0.497 e. The second kappa shape index (κ2) is 10.3. The number of nitrogens with one attached hydrogen (secondary N) is 2. The van der Waals surface area contributed by atoms with E-state index in [-0.39, 0.29) is 6.04 Å². The first-order valence-electron chi connectivity index (χ1n) is 8.93. The van der Waals surface area contributed by atoms with Gasteiger partial charge in [0.15, 0.2) is 5.11 Å². The van der Waals surface area contributed by atoms with Crippen LogP contribution < -0.4 is 15.4 Å². The van der Waals surface area contributed by atoms with Crippen LogP contribution in [0.1, 0.15) is 42.2 Å². The maximum Gasteiger partial charge on any atom is 0.337 e. The summed E-state index contributed by atoms with van der Waals surface area (Å²) >= 11 is 11.7. The van der Waals surface area contributed by atoms with E-state index in [9.17, 15) is 4.79 Å². The monoisotopic (exact) mass is 420 g/mol. The van der Waals surface area contributed by atoms with E-state index in [2.05, 4.69) is 24.5 Å². The minimum Gasteiger partial charge on any atom is -0.497 e. The first-order chi connectivity index (χ1) is 13.3. The van der Waals surface area contributed by atoms with E-state index < -0.39 is 5.97 Å². The Balaban J connectivity index is 2.16. The standard InChI is InChI=1S/C21H25ClN2O3S/c1-13(2)11-18(14-5-8-16(26-3)9-6-14)23-21(28)24-19-12-15(20(25)27-4)7-10-17(19)22/h5-10,12-13,18H,11H2,1-4H3,(H2,23,24,28)/t18-/m0/s1. The zero-order valence-corrected chi connectivity index (χ0v) is 18.0. The Bertz CT molecular complexity index is 825. The highest BCUT2D eigenvalue weighted by molar-refractivity contribution is 7.80. The predicted molar refractivity (Wildman–Crippen MR) is 117 cm³/mol. The minimum atomic E-state index is -0.436. The van der Waals surface area contributed by atoms with Crippen molar-refractivity contribution in [2.45, 2.75) is 26.3 Å². The average Bonchev–Trinajstić information content (AvgIpc) is 2.68. The minimum absolute atomic E-state index is 0.0217. The molecule has 0 aliphatic carbocycles. The Morgan fingerprint density at radius 3 is 2.39 bits per heavy atom. The zero-order valence-electron chi connectivity index (χ0n) is 16.4. The highest BCUT2D eigenvalue weighted by atomic mass is 35.5. The van der Waals surface area contributed by atoms with Crippen molar-refractivity contribution in [2.24, 2.45) is 5.92 Å². The van der Waals surface area contributed by atoms with Gasteiger partial charge < -0.3 is 20.1 Å². The fourth-order valence-electron chi connectivity index (χ4n) is 2.77. The molecule has 0 unspecified atom stereocenters. The summed E-state index contributed by atoms with van der Waals surface area (Å²) in [5.41, 5.74) is 2.04. The zero-order chi connectivity index (χ0) is 20.7. The first kappa shape index (κ1) is 22.0. The Morgan fingerprint density at radius 1 is 1.14 bits per heavy atom. The SMILES string of the molecule is COC(=O)c1ccc(Cl)c(NC(=S)N[C@@H](CC(C)C)c2ccc(OC)cc2)c1. The van der Waals surface area contributed by atoms with Gasteiger partial charge in [-0.2, -0.15) is 0 Å². The Hall–Kier alpha value is -2.31. The Kier molecular flexibility index (Phi) is 8.08. The number of anilines is 1. The lowest BCUT2D eigenvalue weighted by atomic mass is 9.97. The molecule has 28 heavy (non-hydrogen) atoms. The van der Waals surface area contributed by atoms with Gasteiger partial charge in [0.25, 0.3) is 0 Å². The van der Waals surface area contributed by atoms with Crippen molar-refractivity contribution >= 4 is 40.6 Å². The average molecular weight is 421 g/mol. The topological polar surface area (TPSA) is 59.6 Å². The summed E-state index contributed by atoms with van der Waals surface area (Å²) in [5.74, 6) is 0.835. The van der Waals surface area contributed by atoms with Crippen molar-refractivity contribution < 1.29 is 14.3 Å². The van der Waals surface area contributed by atoms with E-state index in [1.54, 1.807) is 25.3 Å². The van der Waals surface area contributed by atoms with Gasteiger partial charge in [-0.1, -0.05) is 37.6 Å². The number of hydrogen-bond donors (Lipinski definition) is 2.